The number of ketones is 1. The fourth-order valence-corrected chi connectivity index (χ4v) is 4.00. The van der Waals surface area contributed by atoms with Crippen LogP contribution in [-0.2, 0) is 25.4 Å². The van der Waals surface area contributed by atoms with Crippen LogP contribution in [-0.4, -0.2) is 38.6 Å². The summed E-state index contributed by atoms with van der Waals surface area (Å²) < 4.78 is 28.2. The molecule has 1 aliphatic heterocycles. The topological polar surface area (TPSA) is 80.3 Å². The molecule has 1 atom stereocenters. The van der Waals surface area contributed by atoms with Crippen molar-refractivity contribution in [3.05, 3.63) is 82.4 Å². The lowest BCUT2D eigenvalue weighted by Crippen LogP contribution is -2.18. The van der Waals surface area contributed by atoms with E-state index in [1.807, 2.05) is 62.4 Å². The second-order valence-corrected chi connectivity index (χ2v) is 8.56. The van der Waals surface area contributed by atoms with E-state index in [9.17, 15) is 9.59 Å². The van der Waals surface area contributed by atoms with Gasteiger partial charge in [0.1, 0.15) is 23.2 Å². The van der Waals surface area contributed by atoms with Crippen LogP contribution in [0.2, 0.25) is 5.02 Å². The Bertz CT molecular complexity index is 1100. The summed E-state index contributed by atoms with van der Waals surface area (Å²) in [6, 6.07) is 11.0. The molecule has 3 rings (SSSR count). The van der Waals surface area contributed by atoms with E-state index in [2.05, 4.69) is 0 Å². The van der Waals surface area contributed by atoms with E-state index >= 15 is 0 Å². The van der Waals surface area contributed by atoms with Gasteiger partial charge in [-0.3, -0.25) is 4.79 Å². The second kappa shape index (κ2) is 15.2. The zero-order valence-corrected chi connectivity index (χ0v) is 22.0. The molecule has 0 N–H and O–H groups in total. The Hall–Kier alpha value is -3.13. The summed E-state index contributed by atoms with van der Waals surface area (Å²) in [6.07, 6.45) is 8.62. The number of rotatable bonds is 9. The SMILES string of the molecule is CCOCOc1cc(OCOCC)c2c(c1Cl)CC(=O)/C=C/CC/C=C/C[C@@H](c1ccccc1)OC2=O. The number of esters is 1. The largest absolute Gasteiger partial charge is 0.466 e. The lowest BCUT2D eigenvalue weighted by Gasteiger charge is -2.22. The maximum Gasteiger partial charge on any atom is 0.342 e. The van der Waals surface area contributed by atoms with Gasteiger partial charge in [0.25, 0.3) is 0 Å². The van der Waals surface area contributed by atoms with Crippen LogP contribution >= 0.6 is 11.6 Å². The zero-order valence-electron chi connectivity index (χ0n) is 21.2. The molecule has 1 aliphatic rings. The molecule has 0 bridgehead atoms. The molecule has 2 aromatic rings. The van der Waals surface area contributed by atoms with Crippen molar-refractivity contribution in [3.63, 3.8) is 0 Å². The van der Waals surface area contributed by atoms with Gasteiger partial charge in [-0.1, -0.05) is 60.2 Å². The Morgan fingerprint density at radius 3 is 2.30 bits per heavy atom. The Morgan fingerprint density at radius 2 is 1.59 bits per heavy atom. The van der Waals surface area contributed by atoms with Crippen LogP contribution in [0.5, 0.6) is 11.5 Å². The number of benzene rings is 2. The van der Waals surface area contributed by atoms with Crippen molar-refractivity contribution < 1.29 is 33.3 Å². The van der Waals surface area contributed by atoms with Crippen LogP contribution in [0.25, 0.3) is 0 Å². The molecule has 0 amide bonds. The molecule has 0 aromatic heterocycles. The van der Waals surface area contributed by atoms with E-state index in [0.29, 0.717) is 26.1 Å². The van der Waals surface area contributed by atoms with Gasteiger partial charge in [-0.05, 0) is 38.3 Å². The predicted octanol–water partition coefficient (Wildman–Crippen LogP) is 6.39. The summed E-state index contributed by atoms with van der Waals surface area (Å²) in [7, 11) is 0. The third kappa shape index (κ3) is 8.45. The summed E-state index contributed by atoms with van der Waals surface area (Å²) in [4.78, 5) is 26.6. The Balaban J connectivity index is 2.11. The Morgan fingerprint density at radius 1 is 0.919 bits per heavy atom. The molecule has 7 nitrogen and oxygen atoms in total. The van der Waals surface area contributed by atoms with Crippen LogP contribution in [0.1, 0.15) is 60.7 Å². The van der Waals surface area contributed by atoms with E-state index in [1.54, 1.807) is 0 Å². The van der Waals surface area contributed by atoms with Gasteiger partial charge >= 0.3 is 5.97 Å². The summed E-state index contributed by atoms with van der Waals surface area (Å²) in [5.74, 6) is -0.491. The number of hydrogen-bond donors (Lipinski definition) is 0. The highest BCUT2D eigenvalue weighted by Crippen LogP contribution is 2.39. The van der Waals surface area contributed by atoms with Crippen LogP contribution < -0.4 is 9.47 Å². The minimum absolute atomic E-state index is 0.0549. The third-order valence-electron chi connectivity index (χ3n) is 5.59. The minimum Gasteiger partial charge on any atom is -0.466 e. The van der Waals surface area contributed by atoms with Gasteiger partial charge in [0, 0.05) is 37.7 Å². The Labute approximate surface area is 223 Å². The lowest BCUT2D eigenvalue weighted by molar-refractivity contribution is -0.114. The summed E-state index contributed by atoms with van der Waals surface area (Å²) in [5, 5.41) is 0.125. The highest BCUT2D eigenvalue weighted by atomic mass is 35.5. The van der Waals surface area contributed by atoms with Gasteiger partial charge in [0.15, 0.2) is 19.4 Å². The molecule has 0 radical (unpaired) electrons. The number of hydrogen-bond acceptors (Lipinski definition) is 7. The van der Waals surface area contributed by atoms with Crippen LogP contribution in [0.4, 0.5) is 0 Å². The Kier molecular flexibility index (Phi) is 11.7. The van der Waals surface area contributed by atoms with E-state index < -0.39 is 12.1 Å². The molecule has 2 aromatic carbocycles. The average molecular weight is 529 g/mol. The quantitative estimate of drug-likeness (QED) is 0.161. The van der Waals surface area contributed by atoms with Crippen molar-refractivity contribution in [1.29, 1.82) is 0 Å². The summed E-state index contributed by atoms with van der Waals surface area (Å²) in [6.45, 7) is 4.36. The highest BCUT2D eigenvalue weighted by Gasteiger charge is 2.29. The van der Waals surface area contributed by atoms with Crippen LogP contribution in [0.15, 0.2) is 60.7 Å². The molecule has 0 saturated heterocycles. The number of allylic oxidation sites excluding steroid dienone is 3. The average Bonchev–Trinajstić information content (AvgIpc) is 2.90. The number of fused-ring (bicyclic) bond motifs is 1. The number of halogens is 1. The fraction of sp³-hybridized carbons (Fsp3) is 0.379. The minimum atomic E-state index is -0.657. The van der Waals surface area contributed by atoms with Crippen molar-refractivity contribution in [2.45, 2.75) is 45.6 Å². The fourth-order valence-electron chi connectivity index (χ4n) is 3.73. The third-order valence-corrected chi connectivity index (χ3v) is 6.01. The molecule has 0 fully saturated rings. The number of cyclic esters (lactones) is 1. The highest BCUT2D eigenvalue weighted by molar-refractivity contribution is 6.33. The maximum atomic E-state index is 13.7. The first kappa shape index (κ1) is 28.4. The molecule has 1 heterocycles. The molecular weight excluding hydrogens is 496 g/mol. The van der Waals surface area contributed by atoms with E-state index in [-0.39, 0.29) is 53.4 Å². The first-order valence-electron chi connectivity index (χ1n) is 12.4. The van der Waals surface area contributed by atoms with Gasteiger partial charge in [-0.25, -0.2) is 4.79 Å². The van der Waals surface area contributed by atoms with Crippen molar-refractivity contribution in [1.82, 2.24) is 0 Å². The standard InChI is InChI=1S/C29H33ClO7/c1-3-33-19-35-25-18-26(36-20-34-4-2)28(30)23-17-22(31)15-11-6-5-7-12-16-24(37-29(32)27(23)25)21-13-9-8-10-14-21/h7-15,18,24H,3-6,16-17,19-20H2,1-2H3/b12-7+,15-11+/t24-/m0/s1. The molecule has 0 spiro atoms. The smallest absolute Gasteiger partial charge is 0.342 e. The normalized spacial score (nSPS) is 18.3. The first-order valence-corrected chi connectivity index (χ1v) is 12.8. The number of ether oxygens (including phenoxy) is 5. The van der Waals surface area contributed by atoms with E-state index in [0.717, 1.165) is 12.0 Å². The molecule has 0 saturated carbocycles. The van der Waals surface area contributed by atoms with Crippen molar-refractivity contribution >= 4 is 23.4 Å². The zero-order chi connectivity index (χ0) is 26.5. The molecule has 198 valence electrons. The summed E-state index contributed by atoms with van der Waals surface area (Å²) >= 11 is 6.71. The molecule has 8 heteroatoms. The maximum absolute atomic E-state index is 13.7. The molecule has 0 unspecified atom stereocenters. The number of carbonyl (C=O) groups is 2. The van der Waals surface area contributed by atoms with E-state index in [4.69, 9.17) is 35.3 Å². The van der Waals surface area contributed by atoms with Crippen molar-refractivity contribution in [2.24, 2.45) is 0 Å². The van der Waals surface area contributed by atoms with Gasteiger partial charge < -0.3 is 23.7 Å². The van der Waals surface area contributed by atoms with Gasteiger partial charge in [0.05, 0.1) is 5.02 Å². The second-order valence-electron chi connectivity index (χ2n) is 8.18. The summed E-state index contributed by atoms with van der Waals surface area (Å²) in [5.41, 5.74) is 1.18. The molecule has 0 aliphatic carbocycles. The predicted molar refractivity (Wildman–Crippen MR) is 141 cm³/mol. The molecule has 37 heavy (non-hydrogen) atoms. The van der Waals surface area contributed by atoms with Crippen molar-refractivity contribution in [3.8, 4) is 11.5 Å². The lowest BCUT2D eigenvalue weighted by atomic mass is 9.99. The van der Waals surface area contributed by atoms with Crippen LogP contribution in [0, 0.1) is 0 Å². The first-order chi connectivity index (χ1) is 18.0. The monoisotopic (exact) mass is 528 g/mol. The molecular formula is C29H33ClO7. The van der Waals surface area contributed by atoms with E-state index in [1.165, 1.54) is 12.1 Å². The van der Waals surface area contributed by atoms with Gasteiger partial charge in [-0.2, -0.15) is 0 Å². The van der Waals surface area contributed by atoms with Gasteiger partial charge in [-0.15, -0.1) is 0 Å². The van der Waals surface area contributed by atoms with Crippen molar-refractivity contribution in [2.75, 3.05) is 26.8 Å². The number of carbonyl (C=O) groups excluding carboxylic acids is 2. The van der Waals surface area contributed by atoms with Crippen LogP contribution in [0.3, 0.4) is 0 Å². The van der Waals surface area contributed by atoms with Gasteiger partial charge in [0.2, 0.25) is 0 Å².